The quantitative estimate of drug-likeness (QED) is 0.0276. The van der Waals surface area contributed by atoms with Gasteiger partial charge < -0.3 is 96.5 Å². The molecule has 0 spiro atoms. The molecule has 10 N–H and O–H groups in total. The number of hydrogen-bond acceptors (Lipinski definition) is 38. The zero-order valence-corrected chi connectivity index (χ0v) is 52.2. The van der Waals surface area contributed by atoms with E-state index in [1.165, 1.54) is 0 Å². The fraction of sp³-hybridized carbons (Fsp3) is 0.947. The van der Waals surface area contributed by atoms with Crippen molar-refractivity contribution in [3.05, 3.63) is 0 Å². The molecule has 0 bridgehead atoms. The van der Waals surface area contributed by atoms with Gasteiger partial charge in [0.15, 0.2) is 55.9 Å². The molecular formula is C38H65NO45S6. The summed E-state index contributed by atoms with van der Waals surface area (Å²) in [5, 5.41) is 21.3. The highest BCUT2D eigenvalue weighted by Crippen LogP contribution is 2.41. The fourth-order valence-corrected chi connectivity index (χ4v) is 12.4. The van der Waals surface area contributed by atoms with Gasteiger partial charge in [0, 0.05) is 56.9 Å². The molecule has 5 aliphatic rings. The summed E-state index contributed by atoms with van der Waals surface area (Å²) in [4.78, 5) is 26.5. The lowest BCUT2D eigenvalue weighted by Crippen LogP contribution is -2.70. The van der Waals surface area contributed by atoms with Crippen LogP contribution in [0.2, 0.25) is 0 Å². The van der Waals surface area contributed by atoms with E-state index in [2.05, 4.69) is 16.7 Å². The number of nitrogens with two attached hydrogens (primary N) is 1. The lowest BCUT2D eigenvalue weighted by atomic mass is 9.94. The van der Waals surface area contributed by atoms with Crippen molar-refractivity contribution >= 4 is 74.3 Å². The molecule has 25 atom stereocenters. The number of carbonyl (C=O) groups is 2. The molecule has 0 aromatic rings. The van der Waals surface area contributed by atoms with Crippen molar-refractivity contribution < 1.29 is 203 Å². The first kappa shape index (κ1) is 78.1. The van der Waals surface area contributed by atoms with Crippen LogP contribution in [0.5, 0.6) is 0 Å². The van der Waals surface area contributed by atoms with Gasteiger partial charge in [-0.15, -0.1) is 0 Å². The van der Waals surface area contributed by atoms with Crippen LogP contribution < -0.4 is 5.73 Å². The third-order valence-corrected chi connectivity index (χ3v) is 16.2. The number of carboxylic acids is 2. The molecule has 0 radical (unpaired) electrons. The summed E-state index contributed by atoms with van der Waals surface area (Å²) in [6.45, 7) is -3.96. The highest BCUT2D eigenvalue weighted by molar-refractivity contribution is 7.82. The second-order valence-electron chi connectivity index (χ2n) is 18.9. The van der Waals surface area contributed by atoms with Gasteiger partial charge >= 0.3 is 74.3 Å². The first-order valence-corrected chi connectivity index (χ1v) is 32.9. The molecule has 5 fully saturated rings. The minimum Gasteiger partial charge on any atom is -0.479 e. The number of methoxy groups -OCH3 is 8. The topological polar surface area (TPSA) is 639 Å². The van der Waals surface area contributed by atoms with Crippen LogP contribution in [0.15, 0.2) is 0 Å². The van der Waals surface area contributed by atoms with Crippen LogP contribution in [0.3, 0.4) is 0 Å². The highest BCUT2D eigenvalue weighted by atomic mass is 32.3. The average Bonchev–Trinajstić information content (AvgIpc) is 0.800. The average molecular weight is 1450 g/mol. The normalized spacial score (nSPS) is 38.6. The van der Waals surface area contributed by atoms with Crippen molar-refractivity contribution in [3.63, 3.8) is 0 Å². The van der Waals surface area contributed by atoms with Crippen LogP contribution >= 0.6 is 0 Å². The molecule has 0 aromatic heterocycles. The molecule has 0 amide bonds. The predicted molar refractivity (Wildman–Crippen MR) is 270 cm³/mol. The van der Waals surface area contributed by atoms with Crippen LogP contribution in [0, 0.1) is 0 Å². The molecular weight excluding hydrogens is 1380 g/mol. The number of rotatable bonds is 33. The highest BCUT2D eigenvalue weighted by Gasteiger charge is 2.62. The Labute approximate surface area is 511 Å². The Hall–Kier alpha value is -2.56. The molecule has 52 heteroatoms. The van der Waals surface area contributed by atoms with Gasteiger partial charge in [-0.2, -0.15) is 50.5 Å². The van der Waals surface area contributed by atoms with Crippen LogP contribution in [0.1, 0.15) is 0 Å². The summed E-state index contributed by atoms with van der Waals surface area (Å²) in [5.74, 6) is -4.11. The van der Waals surface area contributed by atoms with Crippen LogP contribution in [0.4, 0.5) is 0 Å². The van der Waals surface area contributed by atoms with Gasteiger partial charge in [-0.3, -0.25) is 27.3 Å². The SMILES string of the molecule is CO[C@H]1O[C@H](COS(=O)(=O)O)[C@@H](O[C@H]2O[C@H](C(=O)O)[C@@H](O[C@H]3O[C@H](COS(=O)(=O)O)[C@@H](O[C@@H]4O[C@H](C(=O)O)[C@@H](O[C@H]5O[C@H](COS(=O)(=O)O)[C@@H](OC)[C@H](OC)[C@H]5N)[C@H](OC)[C@H]4OC)[C@H](OS(=O)(=O)O)[C@H]3OS(=O)(=O)O)[C@H](OC)[C@H]2OC)[C@H](OC)[C@H]1OS(=O)(=O)O. The molecule has 0 unspecified atom stereocenters. The second kappa shape index (κ2) is 32.0. The van der Waals surface area contributed by atoms with Gasteiger partial charge in [0.1, 0.15) is 91.6 Å². The summed E-state index contributed by atoms with van der Waals surface area (Å²) in [5.41, 5.74) is 6.39. The van der Waals surface area contributed by atoms with Gasteiger partial charge in [0.25, 0.3) is 0 Å². The summed E-state index contributed by atoms with van der Waals surface area (Å²) >= 11 is 0. The summed E-state index contributed by atoms with van der Waals surface area (Å²) < 4.78 is 328. The van der Waals surface area contributed by atoms with Gasteiger partial charge in [0.2, 0.25) is 0 Å². The molecule has 5 rings (SSSR count). The van der Waals surface area contributed by atoms with E-state index in [1.54, 1.807) is 0 Å². The van der Waals surface area contributed by atoms with Crippen molar-refractivity contribution in [1.82, 2.24) is 0 Å². The Bertz CT molecular complexity index is 3070. The summed E-state index contributed by atoms with van der Waals surface area (Å²) in [6.07, 6.45) is -52.8. The lowest BCUT2D eigenvalue weighted by molar-refractivity contribution is -0.386. The standard InChI is InChI=1S/C38H65NO45S6/c1-62-16-12(9-70-85(44,45)46)73-34(15(39)19(16)63-2)78-23-21(65-4)28(67-6)37(80-26(23)32(40)41)77-18-14(11-72-87(50,51)52)75-38(31(84-90(59,60)61)25(18)82-88(53,54)55)79-24-22(66-5)29(68-7)36(81-27(24)33(42)43)76-17-13(10-71-86(47,48)49)74-35(69-8)30(20(17)64-3)83-89(56,57)58/h12-31,34-38H,9-11,39H2,1-8H3,(H,40,41)(H,42,43)(H,44,45,46)(H,47,48,49)(H,50,51,52)(H,53,54,55)(H,56,57,58)(H,59,60,61)/t12-,13-,14-,15-,16-,17-,18-,19-,20+,21+,22+,23+,24+,25+,26+,27+,28-,29-,30-,31-,34-,35+,36+,37-,38-/m1/s1. The van der Waals surface area contributed by atoms with E-state index >= 15 is 0 Å². The fourth-order valence-electron chi connectivity index (χ4n) is 10.1. The van der Waals surface area contributed by atoms with Crippen molar-refractivity contribution in [1.29, 1.82) is 0 Å². The zero-order valence-electron chi connectivity index (χ0n) is 47.3. The third kappa shape index (κ3) is 21.0. The maximum absolute atomic E-state index is 13.3. The molecule has 5 aliphatic heterocycles. The zero-order chi connectivity index (χ0) is 68.0. The largest absolute Gasteiger partial charge is 0.479 e. The Morgan fingerprint density at radius 2 is 0.600 bits per heavy atom. The van der Waals surface area contributed by atoms with Crippen molar-refractivity contribution in [3.8, 4) is 0 Å². The maximum Gasteiger partial charge on any atom is 0.397 e. The Balaban J connectivity index is 1.60. The summed E-state index contributed by atoms with van der Waals surface area (Å²) in [6, 6.07) is -1.49. The number of aliphatic carboxylic acids is 2. The molecule has 0 aliphatic carbocycles. The smallest absolute Gasteiger partial charge is 0.397 e. The van der Waals surface area contributed by atoms with Gasteiger partial charge in [0.05, 0.1) is 25.9 Å². The van der Waals surface area contributed by atoms with Gasteiger partial charge in [-0.1, -0.05) is 0 Å². The van der Waals surface area contributed by atoms with E-state index in [-0.39, 0.29) is 0 Å². The van der Waals surface area contributed by atoms with Crippen LogP contribution in [-0.4, -0.2) is 330 Å². The molecule has 5 heterocycles. The first-order valence-electron chi connectivity index (χ1n) is 24.7. The van der Waals surface area contributed by atoms with E-state index in [1.807, 2.05) is 0 Å². The van der Waals surface area contributed by atoms with E-state index in [9.17, 15) is 97.6 Å². The Morgan fingerprint density at radius 1 is 0.322 bits per heavy atom. The van der Waals surface area contributed by atoms with Gasteiger partial charge in [-0.05, 0) is 0 Å². The second-order valence-corrected chi connectivity index (χ2v) is 25.3. The summed E-state index contributed by atoms with van der Waals surface area (Å²) in [7, 11) is -26.4. The molecule has 0 aromatic carbocycles. The van der Waals surface area contributed by atoms with E-state index < -0.39 is 248 Å². The minimum absolute atomic E-state index is 0.815. The van der Waals surface area contributed by atoms with Crippen molar-refractivity contribution in [2.24, 2.45) is 5.73 Å². The number of hydrogen-bond donors (Lipinski definition) is 9. The predicted octanol–water partition coefficient (Wildman–Crippen LogP) is -7.58. The van der Waals surface area contributed by atoms with E-state index in [0.29, 0.717) is 0 Å². The number of ether oxygens (including phenoxy) is 17. The molecule has 90 heavy (non-hydrogen) atoms. The molecule has 528 valence electrons. The maximum atomic E-state index is 13.3. The third-order valence-electron chi connectivity index (χ3n) is 13.5. The van der Waals surface area contributed by atoms with Crippen molar-refractivity contribution in [2.45, 2.75) is 153 Å². The van der Waals surface area contributed by atoms with Crippen LogP contribution in [-0.2, 0) is 178 Å². The molecule has 46 nitrogen and oxygen atoms in total. The van der Waals surface area contributed by atoms with Crippen molar-refractivity contribution in [2.75, 3.05) is 76.7 Å². The minimum atomic E-state index is -6.13. The lowest BCUT2D eigenvalue weighted by Gasteiger charge is -2.51. The Morgan fingerprint density at radius 3 is 0.933 bits per heavy atom. The molecule has 0 saturated carbocycles. The van der Waals surface area contributed by atoms with Crippen LogP contribution in [0.25, 0.3) is 0 Å². The Kier molecular flexibility index (Phi) is 27.8. The van der Waals surface area contributed by atoms with E-state index in [0.717, 1.165) is 56.9 Å². The number of carboxylic acid groups (broad SMARTS) is 2. The first-order chi connectivity index (χ1) is 41.6. The van der Waals surface area contributed by atoms with Gasteiger partial charge in [-0.25, -0.2) is 34.7 Å². The van der Waals surface area contributed by atoms with E-state index in [4.69, 9.17) is 94.6 Å². The monoisotopic (exact) mass is 1450 g/mol. The molecule has 5 saturated heterocycles.